The molecule has 6 heteroatoms. The number of methoxy groups -OCH3 is 1. The zero-order valence-electron chi connectivity index (χ0n) is 15.0. The Hall–Kier alpha value is -1.80. The van der Waals surface area contributed by atoms with E-state index in [2.05, 4.69) is 53.6 Å². The molecule has 0 aliphatic rings. The highest BCUT2D eigenvalue weighted by Gasteiger charge is 2.11. The van der Waals surface area contributed by atoms with Gasteiger partial charge in [0.1, 0.15) is 5.75 Å². The van der Waals surface area contributed by atoms with Gasteiger partial charge in [-0.1, -0.05) is 30.3 Å². The number of nitrogens with zero attached hydrogens (tertiary/aromatic N) is 2. The molecule has 25 heavy (non-hydrogen) atoms. The summed E-state index contributed by atoms with van der Waals surface area (Å²) in [6, 6.07) is 18.3. The minimum absolute atomic E-state index is 0. The SMILES string of the molecule is COc1ccc(NC(N)=NCC(Cc2ccccc2)N(C)C)cc1.I. The number of benzene rings is 2. The minimum Gasteiger partial charge on any atom is -0.497 e. The van der Waals surface area contributed by atoms with Crippen molar-refractivity contribution in [1.29, 1.82) is 0 Å². The summed E-state index contributed by atoms with van der Waals surface area (Å²) >= 11 is 0. The van der Waals surface area contributed by atoms with Gasteiger partial charge in [-0.2, -0.15) is 0 Å². The third kappa shape index (κ3) is 7.31. The summed E-state index contributed by atoms with van der Waals surface area (Å²) in [5.74, 6) is 1.23. The van der Waals surface area contributed by atoms with E-state index in [1.807, 2.05) is 30.3 Å². The van der Waals surface area contributed by atoms with E-state index < -0.39 is 0 Å². The Bertz CT molecular complexity index is 644. The van der Waals surface area contributed by atoms with Crippen molar-refractivity contribution in [2.45, 2.75) is 12.5 Å². The van der Waals surface area contributed by atoms with Crippen molar-refractivity contribution < 1.29 is 4.74 Å². The standard InChI is InChI=1S/C19H26N4O.HI/c1-23(2)17(13-15-7-5-4-6-8-15)14-21-19(20)22-16-9-11-18(24-3)12-10-16;/h4-12,17H,13-14H2,1-3H3,(H3,20,21,22);1H. The van der Waals surface area contributed by atoms with Crippen LogP contribution in [0.4, 0.5) is 5.69 Å². The molecule has 0 fully saturated rings. The van der Waals surface area contributed by atoms with E-state index in [0.29, 0.717) is 18.5 Å². The lowest BCUT2D eigenvalue weighted by molar-refractivity contribution is 0.298. The molecule has 1 unspecified atom stereocenters. The van der Waals surface area contributed by atoms with E-state index in [-0.39, 0.29) is 24.0 Å². The van der Waals surface area contributed by atoms with E-state index in [1.165, 1.54) is 5.56 Å². The molecule has 0 aliphatic heterocycles. The van der Waals surface area contributed by atoms with Gasteiger partial charge in [0.25, 0.3) is 0 Å². The maximum atomic E-state index is 6.01. The van der Waals surface area contributed by atoms with Crippen molar-refractivity contribution in [2.75, 3.05) is 33.1 Å². The average molecular weight is 454 g/mol. The molecule has 0 amide bonds. The third-order valence-corrected chi connectivity index (χ3v) is 3.88. The van der Waals surface area contributed by atoms with Gasteiger partial charge in [0.05, 0.1) is 13.7 Å². The molecular formula is C19H27IN4O. The molecule has 0 aliphatic carbocycles. The summed E-state index contributed by atoms with van der Waals surface area (Å²) in [6.45, 7) is 0.636. The van der Waals surface area contributed by atoms with Crippen LogP contribution < -0.4 is 15.8 Å². The van der Waals surface area contributed by atoms with Crippen molar-refractivity contribution in [2.24, 2.45) is 10.7 Å². The summed E-state index contributed by atoms with van der Waals surface area (Å²) in [7, 11) is 5.78. The van der Waals surface area contributed by atoms with Gasteiger partial charge in [0.15, 0.2) is 5.96 Å². The van der Waals surface area contributed by atoms with Crippen LogP contribution in [0.2, 0.25) is 0 Å². The lowest BCUT2D eigenvalue weighted by atomic mass is 10.1. The lowest BCUT2D eigenvalue weighted by Gasteiger charge is -2.23. The molecule has 0 bridgehead atoms. The van der Waals surface area contributed by atoms with E-state index >= 15 is 0 Å². The Morgan fingerprint density at radius 1 is 1.12 bits per heavy atom. The molecule has 0 heterocycles. The van der Waals surface area contributed by atoms with Crippen LogP contribution in [-0.4, -0.2) is 44.7 Å². The van der Waals surface area contributed by atoms with Crippen molar-refractivity contribution in [3.63, 3.8) is 0 Å². The monoisotopic (exact) mass is 454 g/mol. The smallest absolute Gasteiger partial charge is 0.193 e. The largest absolute Gasteiger partial charge is 0.497 e. The number of aliphatic imine (C=N–C) groups is 1. The van der Waals surface area contributed by atoms with Crippen molar-refractivity contribution >= 4 is 35.6 Å². The van der Waals surface area contributed by atoms with Crippen LogP contribution in [0.3, 0.4) is 0 Å². The summed E-state index contributed by atoms with van der Waals surface area (Å²) in [4.78, 5) is 6.67. The van der Waals surface area contributed by atoms with Crippen LogP contribution in [0.15, 0.2) is 59.6 Å². The molecule has 2 aromatic rings. The Labute approximate surface area is 167 Å². The molecule has 3 N–H and O–H groups in total. The Kier molecular flexibility index (Phi) is 9.30. The highest BCUT2D eigenvalue weighted by molar-refractivity contribution is 14.0. The van der Waals surface area contributed by atoms with Crippen molar-refractivity contribution in [3.05, 3.63) is 60.2 Å². The zero-order valence-corrected chi connectivity index (χ0v) is 17.3. The molecular weight excluding hydrogens is 427 g/mol. The number of nitrogens with one attached hydrogen (secondary N) is 1. The second-order valence-electron chi connectivity index (χ2n) is 5.89. The Morgan fingerprint density at radius 3 is 2.32 bits per heavy atom. The summed E-state index contributed by atoms with van der Waals surface area (Å²) in [5, 5.41) is 3.11. The number of anilines is 1. The highest BCUT2D eigenvalue weighted by Crippen LogP contribution is 2.14. The highest BCUT2D eigenvalue weighted by atomic mass is 127. The predicted octanol–water partition coefficient (Wildman–Crippen LogP) is 3.21. The van der Waals surface area contributed by atoms with E-state index in [1.54, 1.807) is 7.11 Å². The minimum atomic E-state index is 0. The van der Waals surface area contributed by atoms with Gasteiger partial charge in [-0.15, -0.1) is 24.0 Å². The first kappa shape index (κ1) is 21.2. The summed E-state index contributed by atoms with van der Waals surface area (Å²) < 4.78 is 5.14. The van der Waals surface area contributed by atoms with Crippen LogP contribution in [0.5, 0.6) is 5.75 Å². The first-order valence-electron chi connectivity index (χ1n) is 8.00. The first-order chi connectivity index (χ1) is 11.6. The number of hydrogen-bond acceptors (Lipinski definition) is 3. The normalized spacial score (nSPS) is 12.4. The fraction of sp³-hybridized carbons (Fsp3) is 0.316. The molecule has 2 rings (SSSR count). The number of halogens is 1. The van der Waals surface area contributed by atoms with Gasteiger partial charge >= 0.3 is 0 Å². The van der Waals surface area contributed by atoms with E-state index in [4.69, 9.17) is 10.5 Å². The van der Waals surface area contributed by atoms with Gasteiger partial charge in [0, 0.05) is 11.7 Å². The van der Waals surface area contributed by atoms with Gasteiger partial charge < -0.3 is 20.7 Å². The van der Waals surface area contributed by atoms with Crippen molar-refractivity contribution in [1.82, 2.24) is 4.90 Å². The summed E-state index contributed by atoms with van der Waals surface area (Å²) in [6.07, 6.45) is 0.938. The number of hydrogen-bond donors (Lipinski definition) is 2. The number of likely N-dealkylation sites (N-methyl/N-ethyl adjacent to an activating group) is 1. The zero-order chi connectivity index (χ0) is 17.4. The lowest BCUT2D eigenvalue weighted by Crippen LogP contribution is -2.34. The van der Waals surface area contributed by atoms with E-state index in [9.17, 15) is 0 Å². The quantitative estimate of drug-likeness (QED) is 0.383. The van der Waals surface area contributed by atoms with Gasteiger partial charge in [0.2, 0.25) is 0 Å². The molecule has 136 valence electrons. The van der Waals surface area contributed by atoms with Crippen LogP contribution in [-0.2, 0) is 6.42 Å². The fourth-order valence-electron chi connectivity index (χ4n) is 2.36. The molecule has 1 atom stereocenters. The summed E-state index contributed by atoms with van der Waals surface area (Å²) in [5.41, 5.74) is 8.20. The number of guanidine groups is 1. The first-order valence-corrected chi connectivity index (χ1v) is 8.00. The third-order valence-electron chi connectivity index (χ3n) is 3.88. The second kappa shape index (κ2) is 10.9. The van der Waals surface area contributed by atoms with Gasteiger partial charge in [-0.3, -0.25) is 4.99 Å². The molecule has 0 saturated heterocycles. The van der Waals surface area contributed by atoms with Crippen molar-refractivity contribution in [3.8, 4) is 5.75 Å². The molecule has 0 saturated carbocycles. The molecule has 0 spiro atoms. The second-order valence-corrected chi connectivity index (χ2v) is 5.89. The van der Waals surface area contributed by atoms with Crippen LogP contribution in [0.1, 0.15) is 5.56 Å². The van der Waals surface area contributed by atoms with Crippen LogP contribution >= 0.6 is 24.0 Å². The molecule has 0 aromatic heterocycles. The predicted molar refractivity (Wildman–Crippen MR) is 116 cm³/mol. The Balaban J connectivity index is 0.00000312. The molecule has 5 nitrogen and oxygen atoms in total. The van der Waals surface area contributed by atoms with Crippen LogP contribution in [0, 0.1) is 0 Å². The fourth-order valence-corrected chi connectivity index (χ4v) is 2.36. The Morgan fingerprint density at radius 2 is 1.76 bits per heavy atom. The number of nitrogens with two attached hydrogens (primary N) is 1. The number of rotatable bonds is 7. The maximum Gasteiger partial charge on any atom is 0.193 e. The van der Waals surface area contributed by atoms with Crippen LogP contribution in [0.25, 0.3) is 0 Å². The average Bonchev–Trinajstić information content (AvgIpc) is 2.60. The topological polar surface area (TPSA) is 62.9 Å². The van der Waals surface area contributed by atoms with Gasteiger partial charge in [-0.25, -0.2) is 0 Å². The number of ether oxygens (including phenoxy) is 1. The van der Waals surface area contributed by atoms with Gasteiger partial charge in [-0.05, 0) is 50.3 Å². The van der Waals surface area contributed by atoms with E-state index in [0.717, 1.165) is 17.9 Å². The maximum absolute atomic E-state index is 6.01. The molecule has 2 aromatic carbocycles. The molecule has 0 radical (unpaired) electrons.